The van der Waals surface area contributed by atoms with Crippen LogP contribution in [0.15, 0.2) is 24.3 Å². The molecule has 1 rings (SSSR count). The Morgan fingerprint density at radius 2 is 1.75 bits per heavy atom. The lowest BCUT2D eigenvalue weighted by Crippen LogP contribution is -2.29. The highest BCUT2D eigenvalue weighted by molar-refractivity contribution is 6.58. The van der Waals surface area contributed by atoms with Gasteiger partial charge in [0.15, 0.2) is 0 Å². The first kappa shape index (κ1) is 8.86. The number of benzene rings is 1. The molecule has 0 saturated heterocycles. The molecule has 0 aliphatic rings. The van der Waals surface area contributed by atoms with E-state index in [0.717, 1.165) is 5.56 Å². The molecule has 0 fully saturated rings. The molecule has 0 saturated carbocycles. The zero-order valence-corrected chi connectivity index (χ0v) is 6.78. The Bertz CT molecular complexity index is 306. The first-order valence-electron chi connectivity index (χ1n) is 3.63. The lowest BCUT2D eigenvalue weighted by atomic mass is 9.80. The maximum Gasteiger partial charge on any atom is 0.488 e. The van der Waals surface area contributed by atoms with Crippen LogP contribution in [0.2, 0.25) is 0 Å². The monoisotopic (exact) mass is 160 g/mol. The van der Waals surface area contributed by atoms with Crippen molar-refractivity contribution in [3.05, 3.63) is 29.8 Å². The Hall–Kier alpha value is -1.24. The summed E-state index contributed by atoms with van der Waals surface area (Å²) in [6, 6.07) is 6.80. The summed E-state index contributed by atoms with van der Waals surface area (Å²) in [5.74, 6) is 5.62. The molecule has 1 aromatic carbocycles. The first-order valence-corrected chi connectivity index (χ1v) is 3.63. The molecule has 0 aliphatic carbocycles. The second-order valence-corrected chi connectivity index (χ2v) is 2.37. The van der Waals surface area contributed by atoms with Crippen LogP contribution in [0, 0.1) is 11.8 Å². The van der Waals surface area contributed by atoms with Gasteiger partial charge < -0.3 is 10.0 Å². The van der Waals surface area contributed by atoms with Gasteiger partial charge in [-0.15, -0.1) is 5.92 Å². The fourth-order valence-corrected chi connectivity index (χ4v) is 0.883. The molecular formula is C9H9BO2. The van der Waals surface area contributed by atoms with Crippen LogP contribution in [0.25, 0.3) is 0 Å². The van der Waals surface area contributed by atoms with E-state index >= 15 is 0 Å². The molecule has 0 aromatic heterocycles. The minimum atomic E-state index is -1.39. The van der Waals surface area contributed by atoms with Crippen LogP contribution < -0.4 is 5.46 Å². The van der Waals surface area contributed by atoms with Gasteiger partial charge in [-0.25, -0.2) is 0 Å². The van der Waals surface area contributed by atoms with E-state index in [1.54, 1.807) is 31.2 Å². The zero-order chi connectivity index (χ0) is 8.97. The molecule has 1 aromatic rings. The second-order valence-electron chi connectivity index (χ2n) is 2.37. The van der Waals surface area contributed by atoms with Gasteiger partial charge in [0.1, 0.15) is 0 Å². The average molecular weight is 160 g/mol. The molecule has 0 aliphatic heterocycles. The van der Waals surface area contributed by atoms with Crippen LogP contribution >= 0.6 is 0 Å². The zero-order valence-electron chi connectivity index (χ0n) is 6.78. The third kappa shape index (κ3) is 2.13. The summed E-state index contributed by atoms with van der Waals surface area (Å²) >= 11 is 0. The first-order chi connectivity index (χ1) is 5.74. The van der Waals surface area contributed by atoms with E-state index in [9.17, 15) is 0 Å². The van der Waals surface area contributed by atoms with Gasteiger partial charge >= 0.3 is 7.12 Å². The Labute approximate surface area is 72.0 Å². The Balaban J connectivity index is 2.90. The molecule has 0 unspecified atom stereocenters. The van der Waals surface area contributed by atoms with Crippen molar-refractivity contribution in [2.45, 2.75) is 6.92 Å². The third-order valence-corrected chi connectivity index (χ3v) is 1.48. The summed E-state index contributed by atoms with van der Waals surface area (Å²) in [5, 5.41) is 17.5. The second kappa shape index (κ2) is 3.96. The summed E-state index contributed by atoms with van der Waals surface area (Å²) in [4.78, 5) is 0. The molecule has 60 valence electrons. The Morgan fingerprint density at radius 1 is 1.17 bits per heavy atom. The van der Waals surface area contributed by atoms with Gasteiger partial charge in [-0.1, -0.05) is 18.1 Å². The van der Waals surface area contributed by atoms with Crippen LogP contribution in [-0.2, 0) is 0 Å². The van der Waals surface area contributed by atoms with E-state index in [1.165, 1.54) is 0 Å². The largest absolute Gasteiger partial charge is 0.488 e. The molecule has 3 heteroatoms. The molecule has 0 bridgehead atoms. The van der Waals surface area contributed by atoms with Gasteiger partial charge in [0.05, 0.1) is 0 Å². The molecule has 2 N–H and O–H groups in total. The fourth-order valence-electron chi connectivity index (χ4n) is 0.883. The predicted molar refractivity (Wildman–Crippen MR) is 48.8 cm³/mol. The van der Waals surface area contributed by atoms with E-state index in [4.69, 9.17) is 10.0 Å². The normalized spacial score (nSPS) is 8.58. The lowest BCUT2D eigenvalue weighted by molar-refractivity contribution is 0.426. The van der Waals surface area contributed by atoms with Gasteiger partial charge in [0.25, 0.3) is 0 Å². The smallest absolute Gasteiger partial charge is 0.423 e. The summed E-state index contributed by atoms with van der Waals surface area (Å²) in [7, 11) is -1.39. The summed E-state index contributed by atoms with van der Waals surface area (Å²) in [5.41, 5.74) is 1.36. The molecule has 0 spiro atoms. The quantitative estimate of drug-likeness (QED) is 0.438. The van der Waals surface area contributed by atoms with Crippen LogP contribution in [0.3, 0.4) is 0 Å². The van der Waals surface area contributed by atoms with Crippen LogP contribution in [0.4, 0.5) is 0 Å². The van der Waals surface area contributed by atoms with Gasteiger partial charge in [-0.05, 0) is 24.5 Å². The van der Waals surface area contributed by atoms with Crippen LogP contribution in [-0.4, -0.2) is 17.2 Å². The van der Waals surface area contributed by atoms with E-state index in [-0.39, 0.29) is 0 Å². The number of rotatable bonds is 1. The molecule has 2 nitrogen and oxygen atoms in total. The molecule has 0 atom stereocenters. The number of hydrogen-bond donors (Lipinski definition) is 2. The van der Waals surface area contributed by atoms with E-state index in [0.29, 0.717) is 5.46 Å². The van der Waals surface area contributed by atoms with Crippen molar-refractivity contribution in [2.24, 2.45) is 0 Å². The van der Waals surface area contributed by atoms with Gasteiger partial charge in [0.2, 0.25) is 0 Å². The van der Waals surface area contributed by atoms with Crippen LogP contribution in [0.5, 0.6) is 0 Å². The molecule has 0 amide bonds. The van der Waals surface area contributed by atoms with Crippen molar-refractivity contribution in [1.82, 2.24) is 0 Å². The van der Waals surface area contributed by atoms with Gasteiger partial charge in [-0.3, -0.25) is 0 Å². The summed E-state index contributed by atoms with van der Waals surface area (Å²) < 4.78 is 0. The minimum Gasteiger partial charge on any atom is -0.423 e. The van der Waals surface area contributed by atoms with E-state index < -0.39 is 7.12 Å². The highest BCUT2D eigenvalue weighted by Crippen LogP contribution is 1.93. The standard InChI is InChI=1S/C9H9BO2/c1-2-3-8-4-6-9(7-5-8)10(11)12/h4-7,11-12H,1H3. The van der Waals surface area contributed by atoms with Crippen molar-refractivity contribution in [3.63, 3.8) is 0 Å². The maximum absolute atomic E-state index is 8.76. The molecular weight excluding hydrogens is 151 g/mol. The van der Waals surface area contributed by atoms with Crippen molar-refractivity contribution in [2.75, 3.05) is 0 Å². The maximum atomic E-state index is 8.76. The van der Waals surface area contributed by atoms with E-state index in [1.807, 2.05) is 0 Å². The number of hydrogen-bond acceptors (Lipinski definition) is 2. The topological polar surface area (TPSA) is 40.5 Å². The van der Waals surface area contributed by atoms with E-state index in [2.05, 4.69) is 11.8 Å². The fraction of sp³-hybridized carbons (Fsp3) is 0.111. The summed E-state index contributed by atoms with van der Waals surface area (Å²) in [6.07, 6.45) is 0. The van der Waals surface area contributed by atoms with Crippen molar-refractivity contribution < 1.29 is 10.0 Å². The Kier molecular flexibility index (Phi) is 2.92. The molecule has 0 radical (unpaired) electrons. The molecule has 12 heavy (non-hydrogen) atoms. The molecule has 0 heterocycles. The lowest BCUT2D eigenvalue weighted by Gasteiger charge is -1.97. The van der Waals surface area contributed by atoms with Crippen molar-refractivity contribution >= 4 is 12.6 Å². The van der Waals surface area contributed by atoms with Crippen molar-refractivity contribution in [3.8, 4) is 11.8 Å². The Morgan fingerprint density at radius 3 is 2.17 bits per heavy atom. The predicted octanol–water partition coefficient (Wildman–Crippen LogP) is -0.262. The van der Waals surface area contributed by atoms with Crippen LogP contribution in [0.1, 0.15) is 12.5 Å². The SMILES string of the molecule is CC#Cc1ccc(B(O)O)cc1. The summed E-state index contributed by atoms with van der Waals surface area (Å²) in [6.45, 7) is 1.76. The minimum absolute atomic E-state index is 0.483. The van der Waals surface area contributed by atoms with Crippen molar-refractivity contribution in [1.29, 1.82) is 0 Å². The average Bonchev–Trinajstić information content (AvgIpc) is 2.06. The van der Waals surface area contributed by atoms with Gasteiger partial charge in [0, 0.05) is 5.56 Å². The third-order valence-electron chi connectivity index (χ3n) is 1.48. The van der Waals surface area contributed by atoms with Gasteiger partial charge in [-0.2, -0.15) is 0 Å². The highest BCUT2D eigenvalue weighted by atomic mass is 16.4. The highest BCUT2D eigenvalue weighted by Gasteiger charge is 2.08.